The molecule has 1 saturated heterocycles. The van der Waals surface area contributed by atoms with Crippen molar-refractivity contribution in [3.63, 3.8) is 0 Å². The molecule has 0 atom stereocenters. The molecule has 0 aromatic heterocycles. The predicted octanol–water partition coefficient (Wildman–Crippen LogP) is 3.14. The molecule has 0 N–H and O–H groups in total. The Morgan fingerprint density at radius 2 is 2.09 bits per heavy atom. The van der Waals surface area contributed by atoms with Crippen molar-refractivity contribution in [3.05, 3.63) is 29.3 Å². The number of esters is 1. The van der Waals surface area contributed by atoms with Crippen LogP contribution in [0.1, 0.15) is 42.1 Å². The number of fused-ring (bicyclic) bond motifs is 1. The van der Waals surface area contributed by atoms with E-state index in [4.69, 9.17) is 4.74 Å². The minimum Gasteiger partial charge on any atom is -0.466 e. The first-order valence-corrected chi connectivity index (χ1v) is 9.39. The lowest BCUT2D eigenvalue weighted by Gasteiger charge is -2.31. The van der Waals surface area contributed by atoms with Crippen molar-refractivity contribution in [2.45, 2.75) is 37.5 Å². The Kier molecular flexibility index (Phi) is 5.26. The van der Waals surface area contributed by atoms with E-state index in [9.17, 15) is 9.59 Å². The maximum absolute atomic E-state index is 12.7. The summed E-state index contributed by atoms with van der Waals surface area (Å²) in [4.78, 5) is 27.7. The molecule has 0 aliphatic carbocycles. The van der Waals surface area contributed by atoms with Crippen LogP contribution in [-0.2, 0) is 16.0 Å². The largest absolute Gasteiger partial charge is 0.466 e. The highest BCUT2D eigenvalue weighted by molar-refractivity contribution is 7.99. The number of hydrogen-bond acceptors (Lipinski definition) is 4. The quantitative estimate of drug-likeness (QED) is 0.797. The lowest BCUT2D eigenvalue weighted by atomic mass is 9.96. The summed E-state index contributed by atoms with van der Waals surface area (Å²) >= 11 is 1.88. The van der Waals surface area contributed by atoms with Gasteiger partial charge in [0, 0.05) is 23.5 Å². The molecule has 3 rings (SSSR count). The van der Waals surface area contributed by atoms with Gasteiger partial charge in [-0.25, -0.2) is 0 Å². The van der Waals surface area contributed by atoms with Crippen LogP contribution in [0.4, 0.5) is 0 Å². The Hall–Kier alpha value is -1.49. The zero-order valence-electron chi connectivity index (χ0n) is 13.5. The smallest absolute Gasteiger partial charge is 0.309 e. The highest BCUT2D eigenvalue weighted by Gasteiger charge is 2.28. The van der Waals surface area contributed by atoms with Gasteiger partial charge in [0.25, 0.3) is 5.91 Å². The number of aryl methyl sites for hydroxylation is 1. The summed E-state index contributed by atoms with van der Waals surface area (Å²) in [7, 11) is 0. The third kappa shape index (κ3) is 3.71. The zero-order chi connectivity index (χ0) is 16.2. The molecule has 0 bridgehead atoms. The van der Waals surface area contributed by atoms with Gasteiger partial charge in [-0.05, 0) is 62.1 Å². The average molecular weight is 333 g/mol. The van der Waals surface area contributed by atoms with Gasteiger partial charge in [-0.1, -0.05) is 0 Å². The minimum absolute atomic E-state index is 0.0565. The average Bonchev–Trinajstić information content (AvgIpc) is 2.61. The Bertz CT molecular complexity index is 594. The molecule has 4 nitrogen and oxygen atoms in total. The summed E-state index contributed by atoms with van der Waals surface area (Å²) < 4.78 is 5.08. The first-order valence-electron chi connectivity index (χ1n) is 8.40. The molecular weight excluding hydrogens is 310 g/mol. The van der Waals surface area contributed by atoms with E-state index in [0.717, 1.165) is 12.0 Å². The number of carbonyl (C=O) groups excluding carboxylic acids is 2. The fraction of sp³-hybridized carbons (Fsp3) is 0.556. The highest BCUT2D eigenvalue weighted by Crippen LogP contribution is 2.31. The normalized spacial score (nSPS) is 18.4. The lowest BCUT2D eigenvalue weighted by Crippen LogP contribution is -2.40. The van der Waals surface area contributed by atoms with Crippen LogP contribution in [-0.4, -0.2) is 42.2 Å². The van der Waals surface area contributed by atoms with Gasteiger partial charge in [0.1, 0.15) is 0 Å². The topological polar surface area (TPSA) is 46.6 Å². The van der Waals surface area contributed by atoms with Crippen molar-refractivity contribution < 1.29 is 14.3 Å². The fourth-order valence-corrected chi connectivity index (χ4v) is 4.27. The number of carbonyl (C=O) groups is 2. The fourth-order valence-electron chi connectivity index (χ4n) is 3.25. The maximum atomic E-state index is 12.7. The van der Waals surface area contributed by atoms with Gasteiger partial charge < -0.3 is 9.64 Å². The van der Waals surface area contributed by atoms with E-state index in [1.54, 1.807) is 0 Å². The van der Waals surface area contributed by atoms with Crippen LogP contribution in [0.3, 0.4) is 0 Å². The van der Waals surface area contributed by atoms with Crippen molar-refractivity contribution in [2.24, 2.45) is 5.92 Å². The number of likely N-dealkylation sites (tertiary alicyclic amines) is 1. The molecule has 1 amide bonds. The highest BCUT2D eigenvalue weighted by atomic mass is 32.2. The van der Waals surface area contributed by atoms with Gasteiger partial charge in [0.15, 0.2) is 0 Å². The van der Waals surface area contributed by atoms with Crippen LogP contribution >= 0.6 is 11.8 Å². The summed E-state index contributed by atoms with van der Waals surface area (Å²) in [6.07, 6.45) is 3.64. The van der Waals surface area contributed by atoms with Crippen LogP contribution in [0.5, 0.6) is 0 Å². The maximum Gasteiger partial charge on any atom is 0.309 e. The second-order valence-corrected chi connectivity index (χ2v) is 7.23. The van der Waals surface area contributed by atoms with Crippen LogP contribution in [0.25, 0.3) is 0 Å². The molecule has 0 radical (unpaired) electrons. The van der Waals surface area contributed by atoms with E-state index < -0.39 is 0 Å². The summed E-state index contributed by atoms with van der Waals surface area (Å²) in [5.74, 6) is 1.08. The van der Waals surface area contributed by atoms with Crippen molar-refractivity contribution in [2.75, 3.05) is 25.4 Å². The number of ether oxygens (including phenoxy) is 1. The molecule has 1 fully saturated rings. The number of nitrogens with zero attached hydrogens (tertiary/aromatic N) is 1. The molecule has 2 heterocycles. The van der Waals surface area contributed by atoms with Gasteiger partial charge >= 0.3 is 5.97 Å². The van der Waals surface area contributed by atoms with E-state index in [0.29, 0.717) is 32.5 Å². The zero-order valence-corrected chi connectivity index (χ0v) is 14.4. The second-order valence-electron chi connectivity index (χ2n) is 6.09. The van der Waals surface area contributed by atoms with Crippen LogP contribution in [0.2, 0.25) is 0 Å². The number of benzene rings is 1. The molecule has 124 valence electrons. The van der Waals surface area contributed by atoms with Crippen LogP contribution < -0.4 is 0 Å². The summed E-state index contributed by atoms with van der Waals surface area (Å²) in [5, 5.41) is 0. The standard InChI is InChI=1S/C18H23NO3S/c1-2-22-18(21)13-7-9-19(10-8-13)17(20)15-5-6-16-14(12-15)4-3-11-23-16/h5-6,12-13H,2-4,7-11H2,1H3. The third-order valence-corrected chi connectivity index (χ3v) is 5.76. The monoisotopic (exact) mass is 333 g/mol. The number of hydrogen-bond donors (Lipinski definition) is 0. The van der Waals surface area contributed by atoms with Gasteiger partial charge in [0.05, 0.1) is 12.5 Å². The van der Waals surface area contributed by atoms with Crippen LogP contribution in [0, 0.1) is 5.92 Å². The summed E-state index contributed by atoms with van der Waals surface area (Å²) in [6.45, 7) is 3.51. The lowest BCUT2D eigenvalue weighted by molar-refractivity contribution is -0.149. The van der Waals surface area contributed by atoms with Gasteiger partial charge in [-0.2, -0.15) is 0 Å². The Labute approximate surface area is 141 Å². The number of amides is 1. The molecule has 1 aromatic rings. The Balaban J connectivity index is 1.62. The van der Waals surface area contributed by atoms with Crippen molar-refractivity contribution in [1.82, 2.24) is 4.90 Å². The van der Waals surface area contributed by atoms with E-state index in [2.05, 4.69) is 12.1 Å². The number of rotatable bonds is 3. The van der Waals surface area contributed by atoms with Crippen molar-refractivity contribution in [1.29, 1.82) is 0 Å². The second kappa shape index (κ2) is 7.39. The van der Waals surface area contributed by atoms with E-state index in [-0.39, 0.29) is 17.8 Å². The summed E-state index contributed by atoms with van der Waals surface area (Å²) in [6, 6.07) is 6.08. The van der Waals surface area contributed by atoms with Gasteiger partial charge in [-0.15, -0.1) is 11.8 Å². The molecule has 1 aromatic carbocycles. The van der Waals surface area contributed by atoms with E-state index in [1.165, 1.54) is 22.6 Å². The molecule has 23 heavy (non-hydrogen) atoms. The SMILES string of the molecule is CCOC(=O)C1CCN(C(=O)c2ccc3c(c2)CCCS3)CC1. The number of thioether (sulfide) groups is 1. The van der Waals surface area contributed by atoms with Gasteiger partial charge in [-0.3, -0.25) is 9.59 Å². The predicted molar refractivity (Wildman–Crippen MR) is 90.7 cm³/mol. The Morgan fingerprint density at radius 3 is 2.83 bits per heavy atom. The molecule has 5 heteroatoms. The number of piperidine rings is 1. The minimum atomic E-state index is -0.120. The molecular formula is C18H23NO3S. The van der Waals surface area contributed by atoms with Crippen molar-refractivity contribution in [3.8, 4) is 0 Å². The molecule has 0 spiro atoms. The van der Waals surface area contributed by atoms with Crippen LogP contribution in [0.15, 0.2) is 23.1 Å². The third-order valence-electron chi connectivity index (χ3n) is 4.56. The van der Waals surface area contributed by atoms with E-state index in [1.807, 2.05) is 29.7 Å². The van der Waals surface area contributed by atoms with Crippen molar-refractivity contribution >= 4 is 23.6 Å². The molecule has 2 aliphatic heterocycles. The summed E-state index contributed by atoms with van der Waals surface area (Å²) in [5.41, 5.74) is 2.08. The first kappa shape index (κ1) is 16.4. The first-order chi connectivity index (χ1) is 11.2. The molecule has 0 saturated carbocycles. The molecule has 2 aliphatic rings. The van der Waals surface area contributed by atoms with Gasteiger partial charge in [0.2, 0.25) is 0 Å². The Morgan fingerprint density at radius 1 is 1.30 bits per heavy atom. The molecule has 0 unspecified atom stereocenters. The van der Waals surface area contributed by atoms with E-state index >= 15 is 0 Å².